The average Bonchev–Trinajstić information content (AvgIpc) is 2.52. The minimum Gasteiger partial charge on any atom is -0.622 e. The molecule has 4 nitrogen and oxygen atoms in total. The van der Waals surface area contributed by atoms with Crippen LogP contribution in [0.3, 0.4) is 0 Å². The summed E-state index contributed by atoms with van der Waals surface area (Å²) < 4.78 is 5.42. The number of nitrogens with one attached hydrogen (secondary N) is 1. The summed E-state index contributed by atoms with van der Waals surface area (Å²) in [5.41, 5.74) is 2.87. The van der Waals surface area contributed by atoms with Gasteiger partial charge in [-0.2, -0.15) is 0 Å². The fourth-order valence-corrected chi connectivity index (χ4v) is 3.25. The Morgan fingerprint density at radius 1 is 1.35 bits per heavy atom. The number of hydrogen-bond donors (Lipinski definition) is 1. The van der Waals surface area contributed by atoms with Gasteiger partial charge >= 0.3 is 0 Å². The third-order valence-electron chi connectivity index (χ3n) is 4.21. The van der Waals surface area contributed by atoms with Crippen molar-refractivity contribution in [1.29, 1.82) is 0 Å². The number of benzene rings is 1. The summed E-state index contributed by atoms with van der Waals surface area (Å²) in [5.74, 6) is 0. The molecule has 2 aliphatic heterocycles. The van der Waals surface area contributed by atoms with E-state index in [1.54, 1.807) is 11.8 Å². The maximum absolute atomic E-state index is 12.9. The fraction of sp³-hybridized carbons (Fsp3) is 0.467. The summed E-state index contributed by atoms with van der Waals surface area (Å²) in [4.78, 5) is 1.18. The maximum Gasteiger partial charge on any atom is 0.137 e. The van der Waals surface area contributed by atoms with Crippen molar-refractivity contribution in [2.75, 3.05) is 32.5 Å². The summed E-state index contributed by atoms with van der Waals surface area (Å²) in [6.45, 7) is 4.89. The number of quaternary nitrogens is 1. The first-order chi connectivity index (χ1) is 9.65. The van der Waals surface area contributed by atoms with Crippen molar-refractivity contribution in [3.63, 3.8) is 0 Å². The highest BCUT2D eigenvalue weighted by Gasteiger charge is 2.41. The fourth-order valence-electron chi connectivity index (χ4n) is 2.85. The standard InChI is InChI=1S/C15H20N2O2S/c1-11-14(15-9-16-7-8-19-15)10-17(11,18)12-3-5-13(20-2)6-4-12/h3-6,15-16H,7-10H2,1-2H3. The summed E-state index contributed by atoms with van der Waals surface area (Å²) in [6.07, 6.45) is 2.12. The summed E-state index contributed by atoms with van der Waals surface area (Å²) in [5, 5.41) is 16.3. The number of rotatable bonds is 3. The molecular formula is C15H20N2O2S. The normalized spacial score (nSPS) is 30.2. The minimum absolute atomic E-state index is 0.0782. The zero-order valence-electron chi connectivity index (χ0n) is 11.9. The van der Waals surface area contributed by atoms with Gasteiger partial charge in [0, 0.05) is 37.0 Å². The molecule has 1 aromatic rings. The smallest absolute Gasteiger partial charge is 0.137 e. The Bertz CT molecular complexity index is 523. The van der Waals surface area contributed by atoms with Gasteiger partial charge < -0.3 is 15.3 Å². The molecule has 1 aromatic carbocycles. The predicted octanol–water partition coefficient (Wildman–Crippen LogP) is 2.49. The SMILES string of the molecule is CSc1ccc([N+]2([O-])CC(C3CNCCO3)=C2C)cc1. The molecule has 108 valence electrons. The van der Waals surface area contributed by atoms with E-state index in [1.165, 1.54) is 10.5 Å². The molecule has 0 amide bonds. The topological polar surface area (TPSA) is 44.3 Å². The van der Waals surface area contributed by atoms with E-state index in [0.717, 1.165) is 31.1 Å². The Labute approximate surface area is 124 Å². The number of hydrogen-bond acceptors (Lipinski definition) is 4. The molecule has 1 saturated heterocycles. The van der Waals surface area contributed by atoms with Crippen LogP contribution in [0.1, 0.15) is 6.92 Å². The first-order valence-electron chi connectivity index (χ1n) is 6.91. The second-order valence-electron chi connectivity index (χ2n) is 5.27. The third kappa shape index (κ3) is 2.29. The van der Waals surface area contributed by atoms with Gasteiger partial charge in [-0.1, -0.05) is 0 Å². The van der Waals surface area contributed by atoms with Crippen LogP contribution < -0.4 is 9.96 Å². The number of ether oxygens (including phenoxy) is 1. The van der Waals surface area contributed by atoms with Crippen LogP contribution >= 0.6 is 11.8 Å². The predicted molar refractivity (Wildman–Crippen MR) is 83.6 cm³/mol. The molecule has 3 rings (SSSR count). The Kier molecular flexibility index (Phi) is 3.88. The van der Waals surface area contributed by atoms with Crippen molar-refractivity contribution in [2.24, 2.45) is 0 Å². The van der Waals surface area contributed by atoms with Gasteiger partial charge in [-0.25, -0.2) is 0 Å². The van der Waals surface area contributed by atoms with Crippen molar-refractivity contribution in [3.05, 3.63) is 40.7 Å². The molecule has 2 aliphatic rings. The summed E-state index contributed by atoms with van der Waals surface area (Å²) >= 11 is 1.69. The van der Waals surface area contributed by atoms with E-state index >= 15 is 0 Å². The van der Waals surface area contributed by atoms with E-state index in [0.29, 0.717) is 6.54 Å². The monoisotopic (exact) mass is 292 g/mol. The Hall–Kier alpha value is -0.850. The molecule has 0 bridgehead atoms. The summed E-state index contributed by atoms with van der Waals surface area (Å²) in [7, 11) is 0. The highest BCUT2D eigenvalue weighted by atomic mass is 32.2. The van der Waals surface area contributed by atoms with E-state index in [2.05, 4.69) is 5.32 Å². The van der Waals surface area contributed by atoms with Crippen LogP contribution in [0.5, 0.6) is 0 Å². The summed E-state index contributed by atoms with van der Waals surface area (Å²) in [6, 6.07) is 7.92. The van der Waals surface area contributed by atoms with Gasteiger partial charge in [0.25, 0.3) is 0 Å². The third-order valence-corrected chi connectivity index (χ3v) is 4.95. The van der Waals surface area contributed by atoms with E-state index in [1.807, 2.05) is 37.4 Å². The van der Waals surface area contributed by atoms with E-state index in [-0.39, 0.29) is 10.8 Å². The first kappa shape index (κ1) is 14.1. The molecular weight excluding hydrogens is 272 g/mol. The quantitative estimate of drug-likeness (QED) is 0.528. The molecule has 0 radical (unpaired) electrons. The van der Waals surface area contributed by atoms with Crippen molar-refractivity contribution in [2.45, 2.75) is 17.9 Å². The van der Waals surface area contributed by atoms with Gasteiger partial charge in [0.05, 0.1) is 12.2 Å². The van der Waals surface area contributed by atoms with Crippen LogP contribution in [0.25, 0.3) is 0 Å². The first-order valence-corrected chi connectivity index (χ1v) is 8.14. The lowest BCUT2D eigenvalue weighted by atomic mass is 9.96. The molecule has 2 heterocycles. The molecule has 2 unspecified atom stereocenters. The molecule has 5 heteroatoms. The molecule has 2 atom stereocenters. The molecule has 0 aliphatic carbocycles. The van der Waals surface area contributed by atoms with Crippen molar-refractivity contribution >= 4 is 17.4 Å². The Balaban J connectivity index is 1.81. The number of thioether (sulfide) groups is 1. The Morgan fingerprint density at radius 2 is 2.10 bits per heavy atom. The van der Waals surface area contributed by atoms with Crippen molar-refractivity contribution in [1.82, 2.24) is 9.96 Å². The lowest BCUT2D eigenvalue weighted by Gasteiger charge is -2.51. The van der Waals surface area contributed by atoms with Crippen LogP contribution in [-0.2, 0) is 4.74 Å². The molecule has 0 spiro atoms. The second kappa shape index (κ2) is 5.50. The van der Waals surface area contributed by atoms with Gasteiger partial charge in [0.15, 0.2) is 0 Å². The maximum atomic E-state index is 12.9. The van der Waals surface area contributed by atoms with E-state index in [9.17, 15) is 5.21 Å². The molecule has 1 N–H and O–H groups in total. The van der Waals surface area contributed by atoms with Crippen LogP contribution in [0, 0.1) is 5.21 Å². The number of hydroxylamine groups is 2. The Morgan fingerprint density at radius 3 is 2.65 bits per heavy atom. The van der Waals surface area contributed by atoms with Crippen LogP contribution in [0.4, 0.5) is 5.69 Å². The number of morpholine rings is 1. The van der Waals surface area contributed by atoms with E-state index < -0.39 is 0 Å². The highest BCUT2D eigenvalue weighted by Crippen LogP contribution is 2.40. The lowest BCUT2D eigenvalue weighted by molar-refractivity contribution is 0.0422. The van der Waals surface area contributed by atoms with Gasteiger partial charge in [-0.3, -0.25) is 4.65 Å². The number of allylic oxidation sites excluding steroid dienone is 1. The number of nitrogens with zero attached hydrogens (tertiary/aromatic N) is 1. The van der Waals surface area contributed by atoms with Gasteiger partial charge in [-0.05, 0) is 18.4 Å². The zero-order valence-corrected chi connectivity index (χ0v) is 12.7. The molecule has 0 aromatic heterocycles. The molecule has 0 saturated carbocycles. The highest BCUT2D eigenvalue weighted by molar-refractivity contribution is 7.98. The van der Waals surface area contributed by atoms with Crippen LogP contribution in [-0.4, -0.2) is 38.6 Å². The molecule has 20 heavy (non-hydrogen) atoms. The van der Waals surface area contributed by atoms with Crippen molar-refractivity contribution in [3.8, 4) is 0 Å². The average molecular weight is 292 g/mol. The van der Waals surface area contributed by atoms with Crippen molar-refractivity contribution < 1.29 is 4.74 Å². The van der Waals surface area contributed by atoms with E-state index in [4.69, 9.17) is 4.74 Å². The lowest BCUT2D eigenvalue weighted by Crippen LogP contribution is -2.56. The van der Waals surface area contributed by atoms with Gasteiger partial charge in [-0.15, -0.1) is 11.8 Å². The minimum atomic E-state index is -0.330. The zero-order chi connectivity index (χ0) is 14.2. The van der Waals surface area contributed by atoms with Gasteiger partial charge in [0.2, 0.25) is 0 Å². The largest absolute Gasteiger partial charge is 0.622 e. The van der Waals surface area contributed by atoms with Crippen LogP contribution in [0.2, 0.25) is 0 Å². The van der Waals surface area contributed by atoms with Crippen LogP contribution in [0.15, 0.2) is 40.4 Å². The van der Waals surface area contributed by atoms with Gasteiger partial charge in [0.1, 0.15) is 24.0 Å². The second-order valence-corrected chi connectivity index (χ2v) is 6.15. The molecule has 1 fully saturated rings.